The smallest absolute Gasteiger partial charge is 0.221 e. The van der Waals surface area contributed by atoms with Crippen LogP contribution < -0.4 is 15.4 Å². The summed E-state index contributed by atoms with van der Waals surface area (Å²) in [5.41, 5.74) is 2.09. The zero-order valence-electron chi connectivity index (χ0n) is 15.3. The lowest BCUT2D eigenvalue weighted by molar-refractivity contribution is -0.114. The molecule has 6 heteroatoms. The number of aliphatic hydroxyl groups is 1. The highest BCUT2D eigenvalue weighted by molar-refractivity contribution is 5.90. The molecule has 0 saturated carbocycles. The van der Waals surface area contributed by atoms with Gasteiger partial charge >= 0.3 is 0 Å². The number of aliphatic hydroxyl groups excluding tert-OH is 1. The van der Waals surface area contributed by atoms with Crippen molar-refractivity contribution < 1.29 is 19.7 Å². The number of hydrogen-bond acceptors (Lipinski definition) is 5. The number of aromatic hydroxyl groups is 1. The van der Waals surface area contributed by atoms with Crippen molar-refractivity contribution in [1.82, 2.24) is 5.32 Å². The highest BCUT2D eigenvalue weighted by Gasteiger charge is 2.13. The summed E-state index contributed by atoms with van der Waals surface area (Å²) in [4.78, 5) is 11.2. The Hall–Kier alpha value is -2.57. The van der Waals surface area contributed by atoms with E-state index in [0.29, 0.717) is 17.8 Å². The second-order valence-electron chi connectivity index (χ2n) is 6.34. The Morgan fingerprint density at radius 3 is 2.50 bits per heavy atom. The van der Waals surface area contributed by atoms with Crippen LogP contribution in [0.5, 0.6) is 11.5 Å². The number of anilines is 1. The van der Waals surface area contributed by atoms with Gasteiger partial charge in [-0.1, -0.05) is 18.2 Å². The maximum atomic E-state index is 11.2. The fourth-order valence-electron chi connectivity index (χ4n) is 2.67. The highest BCUT2D eigenvalue weighted by atomic mass is 16.5. The van der Waals surface area contributed by atoms with E-state index in [1.165, 1.54) is 18.6 Å². The lowest BCUT2D eigenvalue weighted by Gasteiger charge is -2.18. The molecule has 0 spiro atoms. The number of phenols is 1. The van der Waals surface area contributed by atoms with Crippen LogP contribution in [0.3, 0.4) is 0 Å². The van der Waals surface area contributed by atoms with E-state index in [2.05, 4.69) is 17.6 Å². The quantitative estimate of drug-likeness (QED) is 0.545. The number of carbonyl (C=O) groups excluding carboxylic acids is 1. The van der Waals surface area contributed by atoms with E-state index in [4.69, 9.17) is 4.74 Å². The first-order valence-corrected chi connectivity index (χ1v) is 8.54. The molecule has 2 aromatic carbocycles. The molecule has 1 amide bonds. The molecule has 2 rings (SSSR count). The number of nitrogens with one attached hydrogen (secondary N) is 2. The standard InChI is InChI=1S/C20H26N2O4/c1-13(10-15-4-7-17(26-3)8-5-15)21-12-20(25)16-6-9-19(24)18(11-16)22-14(2)23/h4-9,11,13,20-21,24-25H,10,12H2,1-3H3,(H,22,23)/t13-,20-/m0/s1. The maximum Gasteiger partial charge on any atom is 0.221 e. The van der Waals surface area contributed by atoms with Crippen molar-refractivity contribution in [2.45, 2.75) is 32.4 Å². The van der Waals surface area contributed by atoms with Gasteiger partial charge in [-0.25, -0.2) is 0 Å². The minimum absolute atomic E-state index is 0.0306. The molecule has 6 nitrogen and oxygen atoms in total. The van der Waals surface area contributed by atoms with Crippen molar-refractivity contribution in [3.05, 3.63) is 53.6 Å². The molecule has 0 aliphatic heterocycles. The third kappa shape index (κ3) is 5.75. The molecule has 0 aliphatic rings. The third-order valence-electron chi connectivity index (χ3n) is 4.08. The molecule has 26 heavy (non-hydrogen) atoms. The van der Waals surface area contributed by atoms with Crippen LogP contribution in [0.15, 0.2) is 42.5 Å². The van der Waals surface area contributed by atoms with Gasteiger partial charge in [0.1, 0.15) is 11.5 Å². The Morgan fingerprint density at radius 2 is 1.88 bits per heavy atom. The summed E-state index contributed by atoms with van der Waals surface area (Å²) in [6.45, 7) is 3.78. The molecule has 4 N–H and O–H groups in total. The molecule has 2 aromatic rings. The molecular formula is C20H26N2O4. The van der Waals surface area contributed by atoms with Crippen molar-refractivity contribution in [3.8, 4) is 11.5 Å². The van der Waals surface area contributed by atoms with Crippen LogP contribution in [0.25, 0.3) is 0 Å². The van der Waals surface area contributed by atoms with Crippen molar-refractivity contribution in [1.29, 1.82) is 0 Å². The molecule has 0 heterocycles. The van der Waals surface area contributed by atoms with Gasteiger partial charge in [-0.05, 0) is 48.7 Å². The molecule has 0 saturated heterocycles. The maximum absolute atomic E-state index is 11.2. The van der Waals surface area contributed by atoms with Gasteiger partial charge in [-0.2, -0.15) is 0 Å². The summed E-state index contributed by atoms with van der Waals surface area (Å²) < 4.78 is 5.15. The van der Waals surface area contributed by atoms with E-state index in [-0.39, 0.29) is 17.7 Å². The van der Waals surface area contributed by atoms with Gasteiger partial charge in [0.25, 0.3) is 0 Å². The molecule has 140 valence electrons. The molecule has 2 atom stereocenters. The number of phenolic OH excluding ortho intramolecular Hbond substituents is 1. The Kier molecular flexibility index (Phi) is 7.00. The summed E-state index contributed by atoms with van der Waals surface area (Å²) in [6.07, 6.45) is 0.0742. The molecule has 0 fully saturated rings. The first kappa shape index (κ1) is 19.8. The van der Waals surface area contributed by atoms with Gasteiger partial charge in [-0.3, -0.25) is 4.79 Å². The van der Waals surface area contributed by atoms with Gasteiger partial charge in [0.2, 0.25) is 5.91 Å². The first-order valence-electron chi connectivity index (χ1n) is 8.54. The van der Waals surface area contributed by atoms with Crippen LogP contribution in [0, 0.1) is 0 Å². The van der Waals surface area contributed by atoms with Crippen LogP contribution in [0.1, 0.15) is 31.1 Å². The average molecular weight is 358 g/mol. The lowest BCUT2D eigenvalue weighted by Crippen LogP contribution is -2.32. The fraction of sp³-hybridized carbons (Fsp3) is 0.350. The highest BCUT2D eigenvalue weighted by Crippen LogP contribution is 2.27. The Balaban J connectivity index is 1.90. The zero-order chi connectivity index (χ0) is 19.1. The summed E-state index contributed by atoms with van der Waals surface area (Å²) in [5.74, 6) is 0.516. The average Bonchev–Trinajstić information content (AvgIpc) is 2.62. The Labute approximate surface area is 153 Å². The van der Waals surface area contributed by atoms with E-state index < -0.39 is 6.10 Å². The number of hydrogen-bond donors (Lipinski definition) is 4. The number of benzene rings is 2. The zero-order valence-corrected chi connectivity index (χ0v) is 15.3. The summed E-state index contributed by atoms with van der Waals surface area (Å²) >= 11 is 0. The molecule has 0 unspecified atom stereocenters. The van der Waals surface area contributed by atoms with Crippen LogP contribution >= 0.6 is 0 Å². The number of amides is 1. The topological polar surface area (TPSA) is 90.8 Å². The second-order valence-corrected chi connectivity index (χ2v) is 6.34. The van der Waals surface area contributed by atoms with E-state index in [1.54, 1.807) is 19.2 Å². The van der Waals surface area contributed by atoms with E-state index in [0.717, 1.165) is 12.2 Å². The number of rotatable bonds is 8. The largest absolute Gasteiger partial charge is 0.506 e. The minimum atomic E-state index is -0.749. The molecule has 0 aliphatic carbocycles. The molecule has 0 aromatic heterocycles. The minimum Gasteiger partial charge on any atom is -0.506 e. The van der Waals surface area contributed by atoms with Gasteiger partial charge in [0, 0.05) is 19.5 Å². The number of carbonyl (C=O) groups is 1. The number of methoxy groups -OCH3 is 1. The van der Waals surface area contributed by atoms with Gasteiger partial charge in [0.05, 0.1) is 18.9 Å². The molecule has 0 radical (unpaired) electrons. The fourth-order valence-corrected chi connectivity index (χ4v) is 2.67. The van der Waals surface area contributed by atoms with Crippen LogP contribution in [0.4, 0.5) is 5.69 Å². The molecular weight excluding hydrogens is 332 g/mol. The summed E-state index contributed by atoms with van der Waals surface area (Å²) in [5, 5.41) is 26.0. The van der Waals surface area contributed by atoms with Crippen molar-refractivity contribution in [3.63, 3.8) is 0 Å². The lowest BCUT2D eigenvalue weighted by atomic mass is 10.1. The van der Waals surface area contributed by atoms with Crippen LogP contribution in [0.2, 0.25) is 0 Å². The molecule has 0 bridgehead atoms. The summed E-state index contributed by atoms with van der Waals surface area (Å²) in [6, 6.07) is 12.8. The Bertz CT molecular complexity index is 731. The second kappa shape index (κ2) is 9.22. The van der Waals surface area contributed by atoms with Gasteiger partial charge < -0.3 is 25.6 Å². The SMILES string of the molecule is COc1ccc(C[C@H](C)NC[C@H](O)c2ccc(O)c(NC(C)=O)c2)cc1. The van der Waals surface area contributed by atoms with Gasteiger partial charge in [0.15, 0.2) is 0 Å². The van der Waals surface area contributed by atoms with Crippen molar-refractivity contribution >= 4 is 11.6 Å². The predicted molar refractivity (Wildman–Crippen MR) is 102 cm³/mol. The normalized spacial score (nSPS) is 13.1. The third-order valence-corrected chi connectivity index (χ3v) is 4.08. The van der Waals surface area contributed by atoms with Gasteiger partial charge in [-0.15, -0.1) is 0 Å². The summed E-state index contributed by atoms with van der Waals surface area (Å²) in [7, 11) is 1.64. The first-order chi connectivity index (χ1) is 12.4. The van der Waals surface area contributed by atoms with Crippen molar-refractivity contribution in [2.24, 2.45) is 0 Å². The van der Waals surface area contributed by atoms with E-state index >= 15 is 0 Å². The van der Waals surface area contributed by atoms with E-state index in [9.17, 15) is 15.0 Å². The predicted octanol–water partition coefficient (Wildman–Crippen LogP) is 2.61. The van der Waals surface area contributed by atoms with E-state index in [1.807, 2.05) is 24.3 Å². The van der Waals surface area contributed by atoms with Crippen molar-refractivity contribution in [2.75, 3.05) is 19.0 Å². The number of ether oxygens (including phenoxy) is 1. The van der Waals surface area contributed by atoms with Crippen LogP contribution in [-0.4, -0.2) is 35.8 Å². The Morgan fingerprint density at radius 1 is 1.19 bits per heavy atom. The monoisotopic (exact) mass is 358 g/mol. The van der Waals surface area contributed by atoms with Crippen LogP contribution in [-0.2, 0) is 11.2 Å².